The number of carbonyl (C=O) groups excluding carboxylic acids is 4. The average molecular weight is 818 g/mol. The van der Waals surface area contributed by atoms with E-state index >= 15 is 0 Å². The molecule has 1 aromatic carbocycles. The van der Waals surface area contributed by atoms with E-state index in [4.69, 9.17) is 35.5 Å². The maximum absolute atomic E-state index is 14.8. The predicted molar refractivity (Wildman–Crippen MR) is 223 cm³/mol. The lowest BCUT2D eigenvalue weighted by molar-refractivity contribution is -0.156. The third-order valence-electron chi connectivity index (χ3n) is 13.1. The molecule has 3 heterocycles. The van der Waals surface area contributed by atoms with Crippen LogP contribution >= 0.6 is 11.6 Å². The number of hydrogen-bond donors (Lipinski definition) is 0. The first kappa shape index (κ1) is 42.3. The van der Waals surface area contributed by atoms with Crippen LogP contribution in [-0.2, 0) is 28.7 Å². The number of nitrogens with zero attached hydrogens (tertiary/aromatic N) is 3. The molecule has 0 N–H and O–H groups in total. The summed E-state index contributed by atoms with van der Waals surface area (Å²) in [4.78, 5) is 64.3. The van der Waals surface area contributed by atoms with Crippen LogP contribution in [0.25, 0.3) is 17.0 Å². The number of carbonyl (C=O) groups is 4. The Bertz CT molecular complexity index is 1960. The van der Waals surface area contributed by atoms with E-state index in [0.717, 1.165) is 38.0 Å². The lowest BCUT2D eigenvalue weighted by atomic mass is 9.77. The SMILES string of the molecule is C=C[C@@H]1C[C@]1(CC(=O)[C@@H]1C[C@@H](Oc2cc(C=C(C)C)nc3c(Cl)c(OCCN4CCOCC4)ccc23)CN1C(=O)[C@@H](CC(=O)OC1C[C@@H]2C[C@@H]2C1)C(C)(C)C)C(C)=O. The summed E-state index contributed by atoms with van der Waals surface area (Å²) in [5, 5.41) is 1.04. The fraction of sp³-hybridized carbons (Fsp3) is 0.630. The van der Waals surface area contributed by atoms with Crippen LogP contribution in [-0.4, -0.2) is 102 Å². The number of aromatic nitrogens is 1. The number of Topliss-reactive ketones (excluding diaryl/α,β-unsaturated/α-hetero) is 2. The fourth-order valence-electron chi connectivity index (χ4n) is 9.45. The maximum atomic E-state index is 14.8. The number of rotatable bonds is 16. The van der Waals surface area contributed by atoms with Crippen molar-refractivity contribution >= 4 is 52.0 Å². The molecule has 2 saturated heterocycles. The van der Waals surface area contributed by atoms with Crippen LogP contribution in [0, 0.1) is 34.5 Å². The second-order valence-corrected chi connectivity index (χ2v) is 19.1. The highest BCUT2D eigenvalue weighted by Gasteiger charge is 2.58. The molecular weight excluding hydrogens is 758 g/mol. The number of amides is 1. The minimum atomic E-state index is -0.844. The van der Waals surface area contributed by atoms with Crippen molar-refractivity contribution in [3.63, 3.8) is 0 Å². The quantitative estimate of drug-likeness (QED) is 0.124. The molecule has 8 atom stereocenters. The number of esters is 1. The minimum Gasteiger partial charge on any atom is -0.491 e. The monoisotopic (exact) mass is 817 g/mol. The van der Waals surface area contributed by atoms with Crippen LogP contribution in [0.15, 0.2) is 36.4 Å². The van der Waals surface area contributed by atoms with Gasteiger partial charge in [0.2, 0.25) is 5.91 Å². The first-order valence-electron chi connectivity index (χ1n) is 21.1. The molecule has 7 rings (SSSR count). The fourth-order valence-corrected chi connectivity index (χ4v) is 9.71. The molecular formula is C46H60ClN3O8. The van der Waals surface area contributed by atoms with E-state index in [2.05, 4.69) is 11.5 Å². The number of allylic oxidation sites excluding steroid dienone is 2. The Morgan fingerprint density at radius 2 is 1.76 bits per heavy atom. The lowest BCUT2D eigenvalue weighted by Crippen LogP contribution is -2.48. The molecule has 58 heavy (non-hydrogen) atoms. The van der Waals surface area contributed by atoms with Crippen molar-refractivity contribution in [3.05, 3.63) is 47.1 Å². The highest BCUT2D eigenvalue weighted by Crippen LogP contribution is 2.57. The van der Waals surface area contributed by atoms with Gasteiger partial charge in [-0.05, 0) is 87.8 Å². The first-order chi connectivity index (χ1) is 27.6. The van der Waals surface area contributed by atoms with E-state index in [1.165, 1.54) is 13.3 Å². The molecule has 0 spiro atoms. The van der Waals surface area contributed by atoms with Gasteiger partial charge in [0.15, 0.2) is 5.78 Å². The molecule has 3 aliphatic carbocycles. The number of halogens is 1. The molecule has 2 aromatic rings. The summed E-state index contributed by atoms with van der Waals surface area (Å²) >= 11 is 7.02. The molecule has 3 saturated carbocycles. The van der Waals surface area contributed by atoms with E-state index in [1.807, 2.05) is 58.9 Å². The number of ketones is 2. The van der Waals surface area contributed by atoms with E-state index < -0.39 is 28.9 Å². The molecule has 5 aliphatic rings. The minimum absolute atomic E-state index is 0.0132. The lowest BCUT2D eigenvalue weighted by Gasteiger charge is -2.35. The zero-order valence-corrected chi connectivity index (χ0v) is 35.8. The predicted octanol–water partition coefficient (Wildman–Crippen LogP) is 7.51. The number of likely N-dealkylation sites (tertiary alicyclic amines) is 1. The van der Waals surface area contributed by atoms with E-state index in [1.54, 1.807) is 11.0 Å². The largest absolute Gasteiger partial charge is 0.491 e. The Hall–Kier alpha value is -3.80. The summed E-state index contributed by atoms with van der Waals surface area (Å²) in [5.74, 6) is 0.623. The van der Waals surface area contributed by atoms with Crippen molar-refractivity contribution in [1.82, 2.24) is 14.8 Å². The molecule has 1 unspecified atom stereocenters. The number of pyridine rings is 1. The van der Waals surface area contributed by atoms with Gasteiger partial charge >= 0.3 is 5.97 Å². The molecule has 0 bridgehead atoms. The highest BCUT2D eigenvalue weighted by molar-refractivity contribution is 6.36. The van der Waals surface area contributed by atoms with Gasteiger partial charge in [-0.15, -0.1) is 6.58 Å². The van der Waals surface area contributed by atoms with Gasteiger partial charge in [0.25, 0.3) is 0 Å². The Morgan fingerprint density at radius 3 is 2.40 bits per heavy atom. The second-order valence-electron chi connectivity index (χ2n) is 18.7. The summed E-state index contributed by atoms with van der Waals surface area (Å²) in [6.45, 7) is 19.7. The third kappa shape index (κ3) is 9.32. The van der Waals surface area contributed by atoms with Crippen molar-refractivity contribution in [2.75, 3.05) is 46.0 Å². The number of benzene rings is 1. The Labute approximate surface area is 347 Å². The van der Waals surface area contributed by atoms with Gasteiger partial charge in [-0.2, -0.15) is 0 Å². The summed E-state index contributed by atoms with van der Waals surface area (Å²) < 4.78 is 24.3. The van der Waals surface area contributed by atoms with Crippen LogP contribution in [0.5, 0.6) is 11.5 Å². The van der Waals surface area contributed by atoms with Crippen molar-refractivity contribution in [2.45, 2.75) is 105 Å². The Balaban J connectivity index is 1.15. The number of hydrogen-bond acceptors (Lipinski definition) is 10. The smallest absolute Gasteiger partial charge is 0.306 e. The first-order valence-corrected chi connectivity index (χ1v) is 21.5. The van der Waals surface area contributed by atoms with Crippen LogP contribution in [0.4, 0.5) is 0 Å². The second kappa shape index (κ2) is 17.1. The van der Waals surface area contributed by atoms with Gasteiger partial charge < -0.3 is 23.8 Å². The zero-order chi connectivity index (χ0) is 41.5. The van der Waals surface area contributed by atoms with Crippen molar-refractivity contribution in [3.8, 4) is 11.5 Å². The Morgan fingerprint density at radius 1 is 1.03 bits per heavy atom. The normalized spacial score (nSPS) is 28.4. The van der Waals surface area contributed by atoms with Gasteiger partial charge in [-0.1, -0.05) is 44.0 Å². The molecule has 12 heteroatoms. The van der Waals surface area contributed by atoms with Crippen molar-refractivity contribution in [2.24, 2.45) is 34.5 Å². The topological polar surface area (TPSA) is 125 Å². The van der Waals surface area contributed by atoms with E-state index in [0.29, 0.717) is 71.2 Å². The van der Waals surface area contributed by atoms with Crippen LogP contribution in [0.3, 0.4) is 0 Å². The summed E-state index contributed by atoms with van der Waals surface area (Å²) in [5.41, 5.74) is 0.787. The van der Waals surface area contributed by atoms with Crippen LogP contribution in [0.1, 0.15) is 92.2 Å². The molecule has 314 valence electrons. The molecule has 0 radical (unpaired) electrons. The zero-order valence-electron chi connectivity index (χ0n) is 35.0. The van der Waals surface area contributed by atoms with Crippen molar-refractivity contribution < 1.29 is 38.1 Å². The number of ether oxygens (including phenoxy) is 4. The van der Waals surface area contributed by atoms with Gasteiger partial charge in [-0.3, -0.25) is 24.1 Å². The van der Waals surface area contributed by atoms with Gasteiger partial charge in [0, 0.05) is 49.3 Å². The van der Waals surface area contributed by atoms with Gasteiger partial charge in [0.1, 0.15) is 41.1 Å². The number of fused-ring (bicyclic) bond motifs is 2. The third-order valence-corrected chi connectivity index (χ3v) is 13.5. The standard InChI is InChI=1S/C46H60ClN3O8/c1-8-31-24-46(31,28(4)51)25-38(52)37-22-34(26-50(37)44(54)36(45(5,6)7)23-41(53)58-33-19-29-18-30(29)20-33)57-40-21-32(17-27(2)3)48-43-35(40)9-10-39(42(43)47)56-16-13-49-11-14-55-15-12-49/h8-10,17,21,29-31,33-34,36-37H,1,11-16,18-20,22-26H2,2-7H3/t29-,30+,31-,33?,34-,36-,37+,46+/m1/s1. The van der Waals surface area contributed by atoms with Crippen LogP contribution < -0.4 is 9.47 Å². The maximum Gasteiger partial charge on any atom is 0.306 e. The summed E-state index contributed by atoms with van der Waals surface area (Å²) in [7, 11) is 0. The van der Waals surface area contributed by atoms with Crippen molar-refractivity contribution in [1.29, 1.82) is 0 Å². The highest BCUT2D eigenvalue weighted by atomic mass is 35.5. The summed E-state index contributed by atoms with van der Waals surface area (Å²) in [6.07, 6.45) is 6.74. The van der Waals surface area contributed by atoms with Gasteiger partial charge in [0.05, 0.1) is 49.3 Å². The van der Waals surface area contributed by atoms with Crippen LogP contribution in [0.2, 0.25) is 5.02 Å². The Kier molecular flexibility index (Phi) is 12.4. The molecule has 11 nitrogen and oxygen atoms in total. The molecule has 1 amide bonds. The molecule has 5 fully saturated rings. The average Bonchev–Trinajstić information content (AvgIpc) is 3.98. The van der Waals surface area contributed by atoms with E-state index in [9.17, 15) is 19.2 Å². The van der Waals surface area contributed by atoms with Gasteiger partial charge in [-0.25, -0.2) is 4.98 Å². The summed E-state index contributed by atoms with van der Waals surface area (Å²) in [6, 6.07) is 4.72. The molecule has 2 aliphatic heterocycles. The molecule has 1 aromatic heterocycles. The van der Waals surface area contributed by atoms with E-state index in [-0.39, 0.29) is 61.3 Å². The number of morpholine rings is 1.